The van der Waals surface area contributed by atoms with Crippen LogP contribution in [0.5, 0.6) is 0 Å². The molecule has 1 unspecified atom stereocenters. The molecule has 102 valence electrons. The van der Waals surface area contributed by atoms with E-state index in [2.05, 4.69) is 18.9 Å². The first kappa shape index (κ1) is 14.1. The molecule has 0 aliphatic rings. The monoisotopic (exact) mass is 278 g/mol. The molecule has 0 amide bonds. The highest BCUT2D eigenvalue weighted by atomic mass is 35.5. The molecular formula is C15H19ClN2O. The van der Waals surface area contributed by atoms with Gasteiger partial charge in [-0.1, -0.05) is 24.6 Å². The molecule has 0 fully saturated rings. The number of nitrogens with zero attached hydrogens (tertiary/aromatic N) is 2. The lowest BCUT2D eigenvalue weighted by atomic mass is 10.1. The molecule has 1 aromatic heterocycles. The van der Waals surface area contributed by atoms with E-state index in [4.69, 9.17) is 11.6 Å². The van der Waals surface area contributed by atoms with Crippen molar-refractivity contribution in [1.29, 1.82) is 0 Å². The summed E-state index contributed by atoms with van der Waals surface area (Å²) in [5.41, 5.74) is 5.08. The van der Waals surface area contributed by atoms with Crippen molar-refractivity contribution in [3.8, 4) is 5.69 Å². The Kier molecular flexibility index (Phi) is 3.97. The lowest BCUT2D eigenvalue weighted by molar-refractivity contribution is 0.199. The van der Waals surface area contributed by atoms with Gasteiger partial charge in [0.15, 0.2) is 0 Å². The molecule has 0 saturated carbocycles. The Labute approximate surface area is 118 Å². The Balaban J connectivity index is 2.54. The maximum Gasteiger partial charge on any atom is 0.0835 e. The fourth-order valence-corrected chi connectivity index (χ4v) is 2.65. The van der Waals surface area contributed by atoms with E-state index in [1.165, 1.54) is 5.56 Å². The zero-order valence-corrected chi connectivity index (χ0v) is 12.5. The van der Waals surface area contributed by atoms with Crippen LogP contribution in [0.2, 0.25) is 5.02 Å². The van der Waals surface area contributed by atoms with Crippen LogP contribution >= 0.6 is 11.6 Å². The molecule has 0 aliphatic carbocycles. The van der Waals surface area contributed by atoms with Crippen LogP contribution in [0, 0.1) is 13.8 Å². The Bertz CT molecular complexity index is 602. The first-order valence-corrected chi connectivity index (χ1v) is 6.86. The maximum absolute atomic E-state index is 9.57. The second-order valence-electron chi connectivity index (χ2n) is 4.80. The van der Waals surface area contributed by atoms with E-state index in [-0.39, 0.29) is 0 Å². The summed E-state index contributed by atoms with van der Waals surface area (Å²) in [5.74, 6) is 0. The fraction of sp³-hybridized carbons (Fsp3) is 0.400. The summed E-state index contributed by atoms with van der Waals surface area (Å²) < 4.78 is 1.88. The van der Waals surface area contributed by atoms with E-state index in [1.807, 2.05) is 23.7 Å². The minimum atomic E-state index is -0.516. The summed E-state index contributed by atoms with van der Waals surface area (Å²) in [7, 11) is 0. The van der Waals surface area contributed by atoms with Crippen molar-refractivity contribution in [3.63, 3.8) is 0 Å². The molecule has 1 atom stereocenters. The van der Waals surface area contributed by atoms with Gasteiger partial charge in [0.2, 0.25) is 0 Å². The highest BCUT2D eigenvalue weighted by Crippen LogP contribution is 2.27. The third-order valence-electron chi connectivity index (χ3n) is 3.48. The van der Waals surface area contributed by atoms with Gasteiger partial charge in [0.1, 0.15) is 0 Å². The topological polar surface area (TPSA) is 38.0 Å². The zero-order chi connectivity index (χ0) is 14.2. The minimum absolute atomic E-state index is 0.516. The average molecular weight is 279 g/mol. The Hall–Kier alpha value is -1.32. The van der Waals surface area contributed by atoms with Gasteiger partial charge in [0, 0.05) is 5.69 Å². The van der Waals surface area contributed by atoms with Crippen molar-refractivity contribution in [2.45, 2.75) is 40.2 Å². The van der Waals surface area contributed by atoms with E-state index in [9.17, 15) is 5.11 Å². The lowest BCUT2D eigenvalue weighted by Gasteiger charge is -2.10. The molecule has 0 saturated heterocycles. The third kappa shape index (κ3) is 2.53. The number of aryl methyl sites for hydroxylation is 1. The van der Waals surface area contributed by atoms with Gasteiger partial charge in [-0.25, -0.2) is 4.68 Å². The average Bonchev–Trinajstić information content (AvgIpc) is 2.64. The number of aliphatic hydroxyl groups is 1. The van der Waals surface area contributed by atoms with Crippen LogP contribution < -0.4 is 0 Å². The van der Waals surface area contributed by atoms with Crippen LogP contribution in [0.1, 0.15) is 42.5 Å². The highest BCUT2D eigenvalue weighted by Gasteiger charge is 2.14. The second kappa shape index (κ2) is 5.35. The van der Waals surface area contributed by atoms with Gasteiger partial charge >= 0.3 is 0 Å². The SMILES string of the molecule is CCc1c(C)nn(-c2ccc(C(C)O)cc2Cl)c1C. The quantitative estimate of drug-likeness (QED) is 0.928. The highest BCUT2D eigenvalue weighted by molar-refractivity contribution is 6.32. The predicted octanol–water partition coefficient (Wildman–Crippen LogP) is 3.76. The molecule has 3 nitrogen and oxygen atoms in total. The summed E-state index contributed by atoms with van der Waals surface area (Å²) in [6.07, 6.45) is 0.444. The van der Waals surface area contributed by atoms with E-state index in [1.54, 1.807) is 13.0 Å². The second-order valence-corrected chi connectivity index (χ2v) is 5.21. The van der Waals surface area contributed by atoms with Crippen LogP contribution in [0.15, 0.2) is 18.2 Å². The molecule has 0 radical (unpaired) electrons. The molecule has 4 heteroatoms. The molecule has 0 spiro atoms. The molecule has 2 rings (SSSR count). The van der Waals surface area contributed by atoms with Crippen molar-refractivity contribution >= 4 is 11.6 Å². The molecule has 0 bridgehead atoms. The number of aliphatic hydroxyl groups excluding tert-OH is 1. The maximum atomic E-state index is 9.57. The summed E-state index contributed by atoms with van der Waals surface area (Å²) in [6, 6.07) is 5.58. The number of hydrogen-bond donors (Lipinski definition) is 1. The Morgan fingerprint density at radius 2 is 2.05 bits per heavy atom. The van der Waals surface area contributed by atoms with Crippen LogP contribution in [0.3, 0.4) is 0 Å². The van der Waals surface area contributed by atoms with Crippen LogP contribution in [-0.4, -0.2) is 14.9 Å². The fourth-order valence-electron chi connectivity index (χ4n) is 2.38. The van der Waals surface area contributed by atoms with Crippen molar-refractivity contribution in [3.05, 3.63) is 45.7 Å². The summed E-state index contributed by atoms with van der Waals surface area (Å²) in [5, 5.41) is 14.7. The molecule has 1 heterocycles. The number of halogens is 1. The summed E-state index contributed by atoms with van der Waals surface area (Å²) in [4.78, 5) is 0. The van der Waals surface area contributed by atoms with Gasteiger partial charge in [-0.05, 0) is 50.5 Å². The third-order valence-corrected chi connectivity index (χ3v) is 3.78. The largest absolute Gasteiger partial charge is 0.389 e. The van der Waals surface area contributed by atoms with Crippen molar-refractivity contribution in [2.75, 3.05) is 0 Å². The van der Waals surface area contributed by atoms with E-state index < -0.39 is 6.10 Å². The van der Waals surface area contributed by atoms with Crippen LogP contribution in [0.25, 0.3) is 5.69 Å². The Morgan fingerprint density at radius 3 is 2.53 bits per heavy atom. The molecule has 0 aliphatic heterocycles. The zero-order valence-electron chi connectivity index (χ0n) is 11.7. The van der Waals surface area contributed by atoms with Gasteiger partial charge in [0.25, 0.3) is 0 Å². The van der Waals surface area contributed by atoms with Gasteiger partial charge in [0.05, 0.1) is 22.5 Å². The first-order valence-electron chi connectivity index (χ1n) is 6.48. The Morgan fingerprint density at radius 1 is 1.37 bits per heavy atom. The van der Waals surface area contributed by atoms with E-state index in [0.717, 1.165) is 29.1 Å². The molecule has 1 aromatic carbocycles. The normalized spacial score (nSPS) is 12.7. The minimum Gasteiger partial charge on any atom is -0.389 e. The lowest BCUT2D eigenvalue weighted by Crippen LogP contribution is -2.02. The number of aromatic nitrogens is 2. The van der Waals surface area contributed by atoms with Gasteiger partial charge in [-0.3, -0.25) is 0 Å². The van der Waals surface area contributed by atoms with Gasteiger partial charge in [-0.2, -0.15) is 5.10 Å². The number of benzene rings is 1. The van der Waals surface area contributed by atoms with E-state index >= 15 is 0 Å². The van der Waals surface area contributed by atoms with Gasteiger partial charge in [-0.15, -0.1) is 0 Å². The van der Waals surface area contributed by atoms with E-state index in [0.29, 0.717) is 5.02 Å². The molecule has 19 heavy (non-hydrogen) atoms. The predicted molar refractivity (Wildman–Crippen MR) is 78.1 cm³/mol. The first-order chi connectivity index (χ1) is 8.95. The number of rotatable bonds is 3. The molecular weight excluding hydrogens is 260 g/mol. The summed E-state index contributed by atoms with van der Waals surface area (Å²) in [6.45, 7) is 7.92. The van der Waals surface area contributed by atoms with Crippen LogP contribution in [0.4, 0.5) is 0 Å². The van der Waals surface area contributed by atoms with Crippen LogP contribution in [-0.2, 0) is 6.42 Å². The summed E-state index contributed by atoms with van der Waals surface area (Å²) >= 11 is 6.31. The number of hydrogen-bond acceptors (Lipinski definition) is 2. The van der Waals surface area contributed by atoms with Crippen molar-refractivity contribution < 1.29 is 5.11 Å². The van der Waals surface area contributed by atoms with Gasteiger partial charge < -0.3 is 5.11 Å². The standard InChI is InChI=1S/C15H19ClN2O/c1-5-13-9(2)17-18(10(13)3)15-7-6-12(11(4)19)8-14(15)16/h6-8,11,19H,5H2,1-4H3. The molecule has 2 aromatic rings. The molecule has 1 N–H and O–H groups in total. The van der Waals surface area contributed by atoms with Crippen molar-refractivity contribution in [1.82, 2.24) is 9.78 Å². The van der Waals surface area contributed by atoms with Crippen molar-refractivity contribution in [2.24, 2.45) is 0 Å². The smallest absolute Gasteiger partial charge is 0.0835 e.